The molecule has 0 saturated heterocycles. The lowest BCUT2D eigenvalue weighted by Crippen LogP contribution is -2.39. The molecular formula is C16H23NO5S. The van der Waals surface area contributed by atoms with E-state index in [0.717, 1.165) is 5.56 Å². The first-order valence-corrected chi connectivity index (χ1v) is 9.34. The van der Waals surface area contributed by atoms with Crippen LogP contribution in [0.3, 0.4) is 0 Å². The maximum atomic E-state index is 12.2. The Balaban J connectivity index is 1.92. The predicted molar refractivity (Wildman–Crippen MR) is 87.6 cm³/mol. The fourth-order valence-corrected chi connectivity index (χ4v) is 3.28. The van der Waals surface area contributed by atoms with Gasteiger partial charge in [-0.25, -0.2) is 8.42 Å². The molecule has 0 spiro atoms. The summed E-state index contributed by atoms with van der Waals surface area (Å²) in [6.07, 6.45) is 0.551. The van der Waals surface area contributed by atoms with Crippen LogP contribution in [0.25, 0.3) is 0 Å². The molecule has 128 valence electrons. The van der Waals surface area contributed by atoms with Gasteiger partial charge in [0.25, 0.3) is 0 Å². The number of rotatable bonds is 6. The number of para-hydroxylation sites is 1. The number of fused-ring (bicyclic) bond motifs is 1. The Morgan fingerprint density at radius 3 is 2.83 bits per heavy atom. The van der Waals surface area contributed by atoms with Crippen molar-refractivity contribution in [2.45, 2.75) is 25.5 Å². The zero-order valence-corrected chi connectivity index (χ0v) is 14.5. The average molecular weight is 341 g/mol. The monoisotopic (exact) mass is 341 g/mol. The van der Waals surface area contributed by atoms with E-state index >= 15 is 0 Å². The smallest absolute Gasteiger partial charge is 0.226 e. The first kappa shape index (κ1) is 17.6. The van der Waals surface area contributed by atoms with Crippen LogP contribution < -0.4 is 14.8 Å². The molecule has 0 bridgehead atoms. The van der Waals surface area contributed by atoms with E-state index in [1.54, 1.807) is 21.0 Å². The maximum absolute atomic E-state index is 12.2. The van der Waals surface area contributed by atoms with Crippen LogP contribution >= 0.6 is 0 Å². The quantitative estimate of drug-likeness (QED) is 0.840. The highest BCUT2D eigenvalue weighted by Gasteiger charge is 2.28. The Labute approximate surface area is 137 Å². The molecule has 0 fully saturated rings. The number of sulfone groups is 1. The summed E-state index contributed by atoms with van der Waals surface area (Å²) in [6, 6.07) is 5.58. The van der Waals surface area contributed by atoms with Crippen LogP contribution in [0, 0.1) is 5.92 Å². The summed E-state index contributed by atoms with van der Waals surface area (Å²) in [7, 11) is -1.57. The molecule has 23 heavy (non-hydrogen) atoms. The summed E-state index contributed by atoms with van der Waals surface area (Å²) < 4.78 is 34.4. The van der Waals surface area contributed by atoms with Crippen molar-refractivity contribution in [3.05, 3.63) is 23.8 Å². The largest absolute Gasteiger partial charge is 0.493 e. The minimum absolute atomic E-state index is 0.0472. The van der Waals surface area contributed by atoms with E-state index < -0.39 is 15.1 Å². The fourth-order valence-electron chi connectivity index (χ4n) is 2.42. The van der Waals surface area contributed by atoms with Crippen molar-refractivity contribution in [1.82, 2.24) is 5.32 Å². The average Bonchev–Trinajstić information content (AvgIpc) is 2.53. The first-order chi connectivity index (χ1) is 10.8. The second-order valence-electron chi connectivity index (χ2n) is 5.87. The first-order valence-electron chi connectivity index (χ1n) is 7.63. The molecule has 1 aliphatic rings. The second-order valence-corrected chi connectivity index (χ2v) is 8.54. The molecule has 6 nitrogen and oxygen atoms in total. The third-order valence-corrected chi connectivity index (χ3v) is 6.16. The minimum Gasteiger partial charge on any atom is -0.493 e. The number of hydrogen-bond acceptors (Lipinski definition) is 5. The number of methoxy groups -OCH3 is 1. The van der Waals surface area contributed by atoms with Crippen LogP contribution in [-0.2, 0) is 21.1 Å². The summed E-state index contributed by atoms with van der Waals surface area (Å²) in [4.78, 5) is 12.2. The third-order valence-electron chi connectivity index (χ3n) is 3.95. The van der Waals surface area contributed by atoms with Crippen LogP contribution in [-0.4, -0.2) is 45.6 Å². The van der Waals surface area contributed by atoms with E-state index in [1.165, 1.54) is 0 Å². The second kappa shape index (κ2) is 7.21. The van der Waals surface area contributed by atoms with E-state index in [4.69, 9.17) is 9.47 Å². The van der Waals surface area contributed by atoms with Crippen molar-refractivity contribution in [3.63, 3.8) is 0 Å². The molecule has 7 heteroatoms. The van der Waals surface area contributed by atoms with E-state index in [2.05, 4.69) is 5.32 Å². The predicted octanol–water partition coefficient (Wildman–Crippen LogP) is 1.19. The zero-order valence-electron chi connectivity index (χ0n) is 13.7. The fraction of sp³-hybridized carbons (Fsp3) is 0.562. The standard InChI is InChI=1S/C16H23NO5S/c1-11(2)23(19,20)8-7-17-16(18)13-9-12-5-4-6-14(21-3)15(12)22-10-13/h4-6,11,13H,7-10H2,1-3H3,(H,17,18). The molecule has 0 radical (unpaired) electrons. The number of benzene rings is 1. The molecule has 1 aromatic rings. The van der Waals surface area contributed by atoms with Crippen LogP contribution in [0.15, 0.2) is 18.2 Å². The van der Waals surface area contributed by atoms with Gasteiger partial charge >= 0.3 is 0 Å². The van der Waals surface area contributed by atoms with Crippen LogP contribution in [0.1, 0.15) is 19.4 Å². The summed E-state index contributed by atoms with van der Waals surface area (Å²) in [6.45, 7) is 3.66. The molecule has 1 amide bonds. The minimum atomic E-state index is -3.14. The zero-order chi connectivity index (χ0) is 17.0. The van der Waals surface area contributed by atoms with Crippen LogP contribution in [0.5, 0.6) is 11.5 Å². The Bertz CT molecular complexity index is 669. The molecule has 1 atom stereocenters. The molecule has 2 rings (SSSR count). The Kier molecular flexibility index (Phi) is 5.51. The number of nitrogens with one attached hydrogen (secondary N) is 1. The van der Waals surface area contributed by atoms with E-state index in [1.807, 2.05) is 18.2 Å². The molecule has 1 N–H and O–H groups in total. The van der Waals surface area contributed by atoms with Gasteiger partial charge in [-0.2, -0.15) is 0 Å². The molecule has 1 heterocycles. The normalized spacial score (nSPS) is 17.3. The van der Waals surface area contributed by atoms with Crippen LogP contribution in [0.4, 0.5) is 0 Å². The van der Waals surface area contributed by atoms with Crippen molar-refractivity contribution in [3.8, 4) is 11.5 Å². The molecule has 1 aromatic carbocycles. The molecule has 0 aliphatic carbocycles. The molecule has 1 aliphatic heterocycles. The highest BCUT2D eigenvalue weighted by atomic mass is 32.2. The Hall–Kier alpha value is -1.76. The summed E-state index contributed by atoms with van der Waals surface area (Å²) in [5.41, 5.74) is 0.922. The van der Waals surface area contributed by atoms with Gasteiger partial charge in [-0.3, -0.25) is 4.79 Å². The van der Waals surface area contributed by atoms with Crippen molar-refractivity contribution >= 4 is 15.7 Å². The summed E-state index contributed by atoms with van der Waals surface area (Å²) in [5, 5.41) is 2.26. The number of hydrogen-bond donors (Lipinski definition) is 1. The lowest BCUT2D eigenvalue weighted by Gasteiger charge is -2.25. The molecule has 0 saturated carbocycles. The van der Waals surface area contributed by atoms with Crippen molar-refractivity contribution in [1.29, 1.82) is 0 Å². The summed E-state index contributed by atoms with van der Waals surface area (Å²) in [5.74, 6) is 0.786. The highest BCUT2D eigenvalue weighted by molar-refractivity contribution is 7.92. The van der Waals surface area contributed by atoms with Crippen molar-refractivity contribution in [2.24, 2.45) is 5.92 Å². The van der Waals surface area contributed by atoms with Gasteiger partial charge in [0.2, 0.25) is 5.91 Å². The molecule has 1 unspecified atom stereocenters. The van der Waals surface area contributed by atoms with E-state index in [-0.39, 0.29) is 30.7 Å². The van der Waals surface area contributed by atoms with Gasteiger partial charge in [0.1, 0.15) is 6.61 Å². The number of carbonyl (C=O) groups excluding carboxylic acids is 1. The highest BCUT2D eigenvalue weighted by Crippen LogP contribution is 2.35. The Morgan fingerprint density at radius 2 is 2.17 bits per heavy atom. The van der Waals surface area contributed by atoms with Gasteiger partial charge in [0.05, 0.1) is 24.0 Å². The maximum Gasteiger partial charge on any atom is 0.226 e. The summed E-state index contributed by atoms with van der Waals surface area (Å²) >= 11 is 0. The third kappa shape index (κ3) is 4.16. The number of ether oxygens (including phenoxy) is 2. The van der Waals surface area contributed by atoms with Crippen molar-refractivity contribution < 1.29 is 22.7 Å². The van der Waals surface area contributed by atoms with Gasteiger partial charge in [-0.15, -0.1) is 0 Å². The molecular weight excluding hydrogens is 318 g/mol. The van der Waals surface area contributed by atoms with Gasteiger partial charge in [0, 0.05) is 6.54 Å². The molecule has 0 aromatic heterocycles. The van der Waals surface area contributed by atoms with E-state index in [9.17, 15) is 13.2 Å². The van der Waals surface area contributed by atoms with Gasteiger partial charge in [0.15, 0.2) is 21.3 Å². The Morgan fingerprint density at radius 1 is 1.43 bits per heavy atom. The van der Waals surface area contributed by atoms with Gasteiger partial charge in [-0.05, 0) is 31.9 Å². The number of amides is 1. The van der Waals surface area contributed by atoms with E-state index in [0.29, 0.717) is 17.9 Å². The lowest BCUT2D eigenvalue weighted by atomic mass is 9.95. The topological polar surface area (TPSA) is 81.7 Å². The lowest BCUT2D eigenvalue weighted by molar-refractivity contribution is -0.126. The van der Waals surface area contributed by atoms with Crippen LogP contribution in [0.2, 0.25) is 0 Å². The van der Waals surface area contributed by atoms with Gasteiger partial charge in [-0.1, -0.05) is 12.1 Å². The SMILES string of the molecule is COc1cccc2c1OCC(C(=O)NCCS(=O)(=O)C(C)C)C2. The number of carbonyl (C=O) groups is 1. The van der Waals surface area contributed by atoms with Crippen molar-refractivity contribution in [2.75, 3.05) is 26.0 Å². The van der Waals surface area contributed by atoms with Gasteiger partial charge < -0.3 is 14.8 Å².